The topological polar surface area (TPSA) is 22.1 Å². The lowest BCUT2D eigenvalue weighted by Crippen LogP contribution is -2.27. The minimum Gasteiger partial charge on any atom is -0.339 e. The molecule has 0 saturated heterocycles. The molecule has 3 heterocycles. The molecule has 1 fully saturated rings. The lowest BCUT2D eigenvalue weighted by atomic mass is 9.98. The van der Waals surface area contributed by atoms with Crippen molar-refractivity contribution in [2.75, 3.05) is 22.9 Å². The van der Waals surface area contributed by atoms with Gasteiger partial charge >= 0.3 is 0 Å². The van der Waals surface area contributed by atoms with Gasteiger partial charge in [0, 0.05) is 23.1 Å². The van der Waals surface area contributed by atoms with E-state index in [-0.39, 0.29) is 0 Å². The largest absolute Gasteiger partial charge is 0.339 e. The van der Waals surface area contributed by atoms with Gasteiger partial charge in [-0.3, -0.25) is 4.90 Å². The summed E-state index contributed by atoms with van der Waals surface area (Å²) in [6, 6.07) is 6.61. The number of hydrogen-bond acceptors (Lipinski definition) is 4. The van der Waals surface area contributed by atoms with Crippen LogP contribution < -0.4 is 9.80 Å². The van der Waals surface area contributed by atoms with E-state index >= 15 is 0 Å². The third-order valence-electron chi connectivity index (χ3n) is 5.78. The summed E-state index contributed by atoms with van der Waals surface area (Å²) in [6.07, 6.45) is 11.6. The zero-order valence-electron chi connectivity index (χ0n) is 14.0. The molecule has 4 nitrogen and oxygen atoms in total. The fourth-order valence-corrected chi connectivity index (χ4v) is 4.76. The second kappa shape index (κ2) is 5.01. The lowest BCUT2D eigenvalue weighted by molar-refractivity contribution is 0.360. The number of fused-ring (bicyclic) bond motifs is 4. The van der Waals surface area contributed by atoms with Gasteiger partial charge in [0.05, 0.1) is 17.1 Å². The number of nitrogens with zero attached hydrogens (tertiary/aromatic N) is 4. The summed E-state index contributed by atoms with van der Waals surface area (Å²) < 4.78 is 1.11. The van der Waals surface area contributed by atoms with Gasteiger partial charge < -0.3 is 4.90 Å². The van der Waals surface area contributed by atoms with Crippen molar-refractivity contribution >= 4 is 33.6 Å². The molecular weight excluding hydrogens is 376 g/mol. The Bertz CT molecular complexity index is 906. The Labute approximate surface area is 155 Å². The minimum absolute atomic E-state index is 0.802. The Morgan fingerprint density at radius 3 is 3.00 bits per heavy atom. The molecule has 0 amide bonds. The Hall–Kier alpha value is -2.01. The number of allylic oxidation sites excluding steroid dienone is 2. The van der Waals surface area contributed by atoms with Crippen molar-refractivity contribution in [2.45, 2.75) is 25.7 Å². The van der Waals surface area contributed by atoms with E-state index in [0.29, 0.717) is 0 Å². The van der Waals surface area contributed by atoms with Crippen LogP contribution >= 0.6 is 15.9 Å². The van der Waals surface area contributed by atoms with Crippen molar-refractivity contribution in [1.82, 2.24) is 5.01 Å². The highest BCUT2D eigenvalue weighted by Gasteiger charge is 2.40. The van der Waals surface area contributed by atoms with Crippen molar-refractivity contribution in [1.29, 1.82) is 0 Å². The first-order valence-electron chi connectivity index (χ1n) is 9.11. The van der Waals surface area contributed by atoms with E-state index in [0.717, 1.165) is 36.3 Å². The van der Waals surface area contributed by atoms with Crippen LogP contribution in [0.25, 0.3) is 0 Å². The first kappa shape index (κ1) is 14.2. The van der Waals surface area contributed by atoms with Gasteiger partial charge in [-0.05, 0) is 55.4 Å². The van der Waals surface area contributed by atoms with E-state index in [9.17, 15) is 0 Å². The summed E-state index contributed by atoms with van der Waals surface area (Å²) in [6.45, 7) is 2.11. The smallest absolute Gasteiger partial charge is 0.144 e. The van der Waals surface area contributed by atoms with Crippen molar-refractivity contribution < 1.29 is 0 Å². The standard InChI is InChI=1S/C20H19BrN4/c21-15-6-7-17-18(10-15)24-12-22-25(11-13-4-5-13)20(24)16-3-1-2-14-8-9-23(17)19(14)16/h1,3,6-7,10,12-13H,2,4-5,8-9,11H2. The molecule has 0 radical (unpaired) electrons. The highest BCUT2D eigenvalue weighted by Crippen LogP contribution is 2.49. The highest BCUT2D eigenvalue weighted by atomic mass is 79.9. The summed E-state index contributed by atoms with van der Waals surface area (Å²) in [5.41, 5.74) is 6.84. The van der Waals surface area contributed by atoms with Crippen LogP contribution in [0.1, 0.15) is 25.7 Å². The van der Waals surface area contributed by atoms with Gasteiger partial charge in [0.15, 0.2) is 0 Å². The predicted molar refractivity (Wildman–Crippen MR) is 104 cm³/mol. The fourth-order valence-electron chi connectivity index (χ4n) is 4.41. The van der Waals surface area contributed by atoms with Crippen LogP contribution in [0.4, 0.5) is 11.4 Å². The Morgan fingerprint density at radius 2 is 2.12 bits per heavy atom. The number of hydrazone groups is 1. The van der Waals surface area contributed by atoms with Crippen LogP contribution in [0, 0.1) is 5.92 Å². The van der Waals surface area contributed by atoms with Crippen molar-refractivity contribution in [2.24, 2.45) is 11.0 Å². The Balaban J connectivity index is 1.60. The summed E-state index contributed by atoms with van der Waals surface area (Å²) >= 11 is 3.66. The molecule has 0 atom stereocenters. The molecule has 0 unspecified atom stereocenters. The molecule has 1 aromatic rings. The number of hydrogen-bond donors (Lipinski definition) is 0. The van der Waals surface area contributed by atoms with E-state index in [1.807, 2.05) is 6.34 Å². The van der Waals surface area contributed by atoms with Gasteiger partial charge in [-0.15, -0.1) is 0 Å². The second-order valence-corrected chi connectivity index (χ2v) is 8.37. The molecule has 126 valence electrons. The van der Waals surface area contributed by atoms with Gasteiger partial charge in [0.25, 0.3) is 0 Å². The van der Waals surface area contributed by atoms with E-state index in [4.69, 9.17) is 5.10 Å². The second-order valence-electron chi connectivity index (χ2n) is 7.46. The highest BCUT2D eigenvalue weighted by molar-refractivity contribution is 9.10. The van der Waals surface area contributed by atoms with E-state index < -0.39 is 0 Å². The van der Waals surface area contributed by atoms with E-state index in [1.54, 1.807) is 5.57 Å². The molecule has 0 spiro atoms. The van der Waals surface area contributed by atoms with Gasteiger partial charge in [-0.1, -0.05) is 28.1 Å². The van der Waals surface area contributed by atoms with E-state index in [1.165, 1.54) is 41.3 Å². The maximum atomic E-state index is 4.78. The third kappa shape index (κ3) is 2.02. The zero-order chi connectivity index (χ0) is 16.5. The molecule has 6 rings (SSSR count). The summed E-state index contributed by atoms with van der Waals surface area (Å²) in [7, 11) is 0. The molecule has 5 aliphatic rings. The number of anilines is 2. The van der Waals surface area contributed by atoms with Crippen LogP contribution in [-0.4, -0.2) is 24.4 Å². The summed E-state index contributed by atoms with van der Waals surface area (Å²) in [5.74, 6) is 2.04. The van der Waals surface area contributed by atoms with Crippen LogP contribution in [0.3, 0.4) is 0 Å². The maximum absolute atomic E-state index is 4.78. The Morgan fingerprint density at radius 1 is 1.20 bits per heavy atom. The van der Waals surface area contributed by atoms with Crippen LogP contribution in [-0.2, 0) is 0 Å². The molecule has 3 aliphatic heterocycles. The SMILES string of the molecule is Brc1ccc2c(c1)N1C=NN(CC3CC3)C1=C1C=CCC3=C1N2CC3. The van der Waals surface area contributed by atoms with Gasteiger partial charge in [0.2, 0.25) is 0 Å². The maximum Gasteiger partial charge on any atom is 0.144 e. The van der Waals surface area contributed by atoms with Gasteiger partial charge in [-0.25, -0.2) is 5.01 Å². The normalized spacial score (nSPS) is 23.3. The minimum atomic E-state index is 0.802. The van der Waals surface area contributed by atoms with Crippen LogP contribution in [0.2, 0.25) is 0 Å². The summed E-state index contributed by atoms with van der Waals surface area (Å²) in [4.78, 5) is 4.81. The first-order chi connectivity index (χ1) is 12.3. The van der Waals surface area contributed by atoms with Crippen molar-refractivity contribution in [3.8, 4) is 0 Å². The average Bonchev–Trinajstić information content (AvgIpc) is 3.20. The molecule has 0 bridgehead atoms. The zero-order valence-corrected chi connectivity index (χ0v) is 15.5. The first-order valence-corrected chi connectivity index (χ1v) is 9.90. The monoisotopic (exact) mass is 394 g/mol. The molecule has 1 saturated carbocycles. The lowest BCUT2D eigenvalue weighted by Gasteiger charge is -2.25. The summed E-state index contributed by atoms with van der Waals surface area (Å²) in [5, 5.41) is 7.01. The van der Waals surface area contributed by atoms with Crippen LogP contribution in [0.15, 0.2) is 62.6 Å². The Kier molecular flexibility index (Phi) is 2.84. The van der Waals surface area contributed by atoms with Crippen molar-refractivity contribution in [3.63, 3.8) is 0 Å². The molecule has 5 heteroatoms. The van der Waals surface area contributed by atoms with E-state index in [2.05, 4.69) is 61.1 Å². The molecule has 0 N–H and O–H groups in total. The fraction of sp³-hybridized carbons (Fsp3) is 0.350. The number of rotatable bonds is 2. The molecule has 0 aromatic heterocycles. The molecule has 1 aromatic carbocycles. The molecular formula is C20H19BrN4. The predicted octanol–water partition coefficient (Wildman–Crippen LogP) is 4.57. The van der Waals surface area contributed by atoms with Gasteiger partial charge in [0.1, 0.15) is 12.2 Å². The third-order valence-corrected chi connectivity index (χ3v) is 6.28. The van der Waals surface area contributed by atoms with Crippen LogP contribution in [0.5, 0.6) is 0 Å². The number of halogens is 1. The quantitative estimate of drug-likeness (QED) is 0.732. The average molecular weight is 395 g/mol. The number of benzene rings is 1. The molecule has 25 heavy (non-hydrogen) atoms. The van der Waals surface area contributed by atoms with Gasteiger partial charge in [-0.2, -0.15) is 5.10 Å². The molecule has 2 aliphatic carbocycles. The van der Waals surface area contributed by atoms with Crippen molar-refractivity contribution in [3.05, 3.63) is 57.5 Å².